The van der Waals surface area contributed by atoms with Crippen molar-refractivity contribution in [3.05, 3.63) is 45.9 Å². The average molecular weight is 429 g/mol. The second-order valence-electron chi connectivity index (χ2n) is 8.17. The highest BCUT2D eigenvalue weighted by atomic mass is 19.2. The maximum Gasteiger partial charge on any atom is 0.316 e. The molecule has 3 rings (SSSR count). The molecule has 0 amide bonds. The lowest BCUT2D eigenvalue weighted by atomic mass is 9.76. The molecular weight excluding hydrogens is 409 g/mol. The Bertz CT molecular complexity index is 1060. The lowest BCUT2D eigenvalue weighted by molar-refractivity contribution is -0.157. The van der Waals surface area contributed by atoms with Crippen molar-refractivity contribution >= 4 is 17.5 Å². The zero-order valence-electron chi connectivity index (χ0n) is 17.2. The second-order valence-corrected chi connectivity index (χ2v) is 8.17. The lowest BCUT2D eigenvalue weighted by Gasteiger charge is -2.32. The number of carbonyl (C=O) groups is 1. The summed E-state index contributed by atoms with van der Waals surface area (Å²) >= 11 is 0. The summed E-state index contributed by atoms with van der Waals surface area (Å²) in [6, 6.07) is 0. The van der Waals surface area contributed by atoms with E-state index in [9.17, 15) is 26.7 Å². The third-order valence-corrected chi connectivity index (χ3v) is 4.83. The first kappa shape index (κ1) is 21.9. The Hall–Kier alpha value is -2.78. The van der Waals surface area contributed by atoms with Gasteiger partial charge in [0, 0.05) is 29.8 Å². The number of fused-ring (bicyclic) bond motifs is 1. The summed E-state index contributed by atoms with van der Waals surface area (Å²) < 4.78 is 77.9. The molecule has 0 fully saturated rings. The number of aliphatic imine (C=N–C) groups is 1. The van der Waals surface area contributed by atoms with Crippen molar-refractivity contribution in [3.63, 3.8) is 0 Å². The fraction of sp³-hybridized carbons (Fsp3) is 0.450. The average Bonchev–Trinajstić information content (AvgIpc) is 2.90. The van der Waals surface area contributed by atoms with Crippen LogP contribution in [0.3, 0.4) is 0 Å². The van der Waals surface area contributed by atoms with Crippen LogP contribution in [-0.4, -0.2) is 27.1 Å². The number of esters is 1. The van der Waals surface area contributed by atoms with E-state index in [0.717, 1.165) is 0 Å². The summed E-state index contributed by atoms with van der Waals surface area (Å²) in [4.78, 5) is 17.3. The van der Waals surface area contributed by atoms with Crippen LogP contribution in [0.1, 0.15) is 50.4 Å². The molecule has 2 unspecified atom stereocenters. The van der Waals surface area contributed by atoms with E-state index in [1.807, 2.05) is 0 Å². The smallest absolute Gasteiger partial charge is 0.316 e. The maximum atomic E-state index is 14.8. The Morgan fingerprint density at radius 1 is 0.933 bits per heavy atom. The number of hydrogen-bond donors (Lipinski definition) is 0. The SMILES string of the molecule is CC1=Nc2c(c(C)nn2C)C(c2c(F)c(F)c(F)c(F)c2F)C1C(=O)OC(C)(C)C. The van der Waals surface area contributed by atoms with Crippen LogP contribution in [0.15, 0.2) is 4.99 Å². The van der Waals surface area contributed by atoms with Crippen molar-refractivity contribution in [1.29, 1.82) is 0 Å². The highest BCUT2D eigenvalue weighted by Gasteiger charge is 2.46. The van der Waals surface area contributed by atoms with Gasteiger partial charge in [0.15, 0.2) is 29.1 Å². The molecule has 1 aromatic heterocycles. The minimum atomic E-state index is -2.27. The third-order valence-electron chi connectivity index (χ3n) is 4.83. The largest absolute Gasteiger partial charge is 0.459 e. The van der Waals surface area contributed by atoms with Gasteiger partial charge in [-0.1, -0.05) is 0 Å². The first-order chi connectivity index (χ1) is 13.8. The molecule has 0 saturated carbocycles. The Morgan fingerprint density at radius 2 is 1.43 bits per heavy atom. The van der Waals surface area contributed by atoms with E-state index in [-0.39, 0.29) is 22.8 Å². The van der Waals surface area contributed by atoms with Crippen LogP contribution < -0.4 is 0 Å². The summed E-state index contributed by atoms with van der Waals surface area (Å²) in [5.41, 5.74) is -1.63. The number of ether oxygens (including phenoxy) is 1. The molecule has 30 heavy (non-hydrogen) atoms. The lowest BCUT2D eigenvalue weighted by Crippen LogP contribution is -2.38. The summed E-state index contributed by atoms with van der Waals surface area (Å²) in [5.74, 6) is -14.2. The van der Waals surface area contributed by atoms with Crippen molar-refractivity contribution in [2.45, 2.75) is 46.1 Å². The highest BCUT2D eigenvalue weighted by Crippen LogP contribution is 2.47. The van der Waals surface area contributed by atoms with E-state index in [2.05, 4.69) is 10.1 Å². The van der Waals surface area contributed by atoms with Gasteiger partial charge in [-0.3, -0.25) is 9.48 Å². The first-order valence-electron chi connectivity index (χ1n) is 9.09. The minimum Gasteiger partial charge on any atom is -0.459 e. The van der Waals surface area contributed by atoms with E-state index >= 15 is 0 Å². The van der Waals surface area contributed by atoms with Crippen molar-refractivity contribution in [2.24, 2.45) is 18.0 Å². The number of halogens is 5. The molecular formula is C20H20F5N3O2. The van der Waals surface area contributed by atoms with Gasteiger partial charge in [-0.2, -0.15) is 5.10 Å². The highest BCUT2D eigenvalue weighted by molar-refractivity contribution is 6.05. The monoisotopic (exact) mass is 429 g/mol. The van der Waals surface area contributed by atoms with Crippen LogP contribution in [0.4, 0.5) is 27.8 Å². The van der Waals surface area contributed by atoms with E-state index in [4.69, 9.17) is 4.74 Å². The fourth-order valence-corrected chi connectivity index (χ4v) is 3.68. The van der Waals surface area contributed by atoms with Crippen LogP contribution in [0.2, 0.25) is 0 Å². The fourth-order valence-electron chi connectivity index (χ4n) is 3.68. The Morgan fingerprint density at radius 3 is 1.93 bits per heavy atom. The van der Waals surface area contributed by atoms with Crippen LogP contribution in [0.5, 0.6) is 0 Å². The normalized spacial score (nSPS) is 18.8. The van der Waals surface area contributed by atoms with E-state index < -0.39 is 58.1 Å². The van der Waals surface area contributed by atoms with Gasteiger partial charge in [-0.25, -0.2) is 26.9 Å². The van der Waals surface area contributed by atoms with E-state index in [1.165, 1.54) is 25.6 Å². The van der Waals surface area contributed by atoms with E-state index in [0.29, 0.717) is 0 Å². The molecule has 1 aliphatic heterocycles. The molecule has 10 heteroatoms. The number of rotatable bonds is 2. The predicted molar refractivity (Wildman–Crippen MR) is 98.1 cm³/mol. The summed E-state index contributed by atoms with van der Waals surface area (Å²) in [6.45, 7) is 7.70. The predicted octanol–water partition coefficient (Wildman–Crippen LogP) is 4.62. The van der Waals surface area contributed by atoms with Gasteiger partial charge in [0.2, 0.25) is 5.82 Å². The van der Waals surface area contributed by atoms with Crippen molar-refractivity contribution in [1.82, 2.24) is 9.78 Å². The van der Waals surface area contributed by atoms with Gasteiger partial charge >= 0.3 is 5.97 Å². The van der Waals surface area contributed by atoms with Crippen molar-refractivity contribution in [3.8, 4) is 0 Å². The zero-order valence-corrected chi connectivity index (χ0v) is 17.2. The standard InChI is InChI=1S/C20H20F5N3O2/c1-7-10(19(29)30-20(3,4)5)11(9-8(2)27-28(6)18(9)26-7)12-13(21)15(23)17(25)16(24)14(12)22/h10-11H,1-6H3. The number of hydrogen-bond acceptors (Lipinski definition) is 4. The van der Waals surface area contributed by atoms with Gasteiger partial charge in [-0.05, 0) is 34.6 Å². The van der Waals surface area contributed by atoms with Crippen LogP contribution >= 0.6 is 0 Å². The molecule has 0 radical (unpaired) electrons. The van der Waals surface area contributed by atoms with Gasteiger partial charge < -0.3 is 4.74 Å². The maximum absolute atomic E-state index is 14.8. The minimum absolute atomic E-state index is 0.0992. The van der Waals surface area contributed by atoms with E-state index in [1.54, 1.807) is 20.8 Å². The molecule has 0 aliphatic carbocycles. The Kier molecular flexibility index (Phi) is 5.24. The molecule has 1 aliphatic rings. The number of carbonyl (C=O) groups excluding carboxylic acids is 1. The molecule has 0 spiro atoms. The number of nitrogens with zero attached hydrogens (tertiary/aromatic N) is 3. The van der Waals surface area contributed by atoms with Crippen LogP contribution in [-0.2, 0) is 16.6 Å². The molecule has 0 saturated heterocycles. The zero-order chi connectivity index (χ0) is 22.7. The summed E-state index contributed by atoms with van der Waals surface area (Å²) in [7, 11) is 1.52. The Balaban J connectivity index is 2.36. The molecule has 162 valence electrons. The molecule has 0 N–H and O–H groups in total. The van der Waals surface area contributed by atoms with Gasteiger partial charge in [0.1, 0.15) is 11.5 Å². The molecule has 0 bridgehead atoms. The number of aryl methyl sites for hydroxylation is 2. The molecule has 2 aromatic rings. The first-order valence-corrected chi connectivity index (χ1v) is 9.09. The van der Waals surface area contributed by atoms with Gasteiger partial charge in [-0.15, -0.1) is 0 Å². The van der Waals surface area contributed by atoms with Crippen molar-refractivity contribution < 1.29 is 31.5 Å². The topological polar surface area (TPSA) is 56.5 Å². The number of benzene rings is 1. The molecule has 1 aromatic carbocycles. The second kappa shape index (κ2) is 7.17. The summed E-state index contributed by atoms with van der Waals surface area (Å²) in [6.07, 6.45) is 0. The van der Waals surface area contributed by atoms with Crippen LogP contribution in [0, 0.1) is 41.9 Å². The third kappa shape index (κ3) is 3.37. The van der Waals surface area contributed by atoms with Crippen LogP contribution in [0.25, 0.3) is 0 Å². The van der Waals surface area contributed by atoms with Crippen molar-refractivity contribution in [2.75, 3.05) is 0 Å². The van der Waals surface area contributed by atoms with Gasteiger partial charge in [0.25, 0.3) is 0 Å². The summed E-state index contributed by atoms with van der Waals surface area (Å²) in [5, 5.41) is 4.14. The quantitative estimate of drug-likeness (QED) is 0.303. The Labute approximate surface area is 169 Å². The molecule has 5 nitrogen and oxygen atoms in total. The molecule has 2 heterocycles. The number of aromatic nitrogens is 2. The molecule has 2 atom stereocenters. The van der Waals surface area contributed by atoms with Gasteiger partial charge in [0.05, 0.1) is 5.69 Å².